The molecule has 1 aromatic carbocycles. The van der Waals surface area contributed by atoms with Gasteiger partial charge in [-0.1, -0.05) is 18.2 Å². The van der Waals surface area contributed by atoms with Crippen molar-refractivity contribution in [3.8, 4) is 11.5 Å². The number of nitrogens with zero attached hydrogens (tertiary/aromatic N) is 1. The Morgan fingerprint density at radius 1 is 1.43 bits per heavy atom. The molecule has 0 aromatic heterocycles. The minimum absolute atomic E-state index is 0.0110. The highest BCUT2D eigenvalue weighted by molar-refractivity contribution is 5.61. The molecule has 1 spiro atoms. The van der Waals surface area contributed by atoms with E-state index in [4.69, 9.17) is 9.47 Å². The van der Waals surface area contributed by atoms with E-state index in [1.807, 2.05) is 12.1 Å². The molecule has 0 saturated heterocycles. The lowest BCUT2D eigenvalue weighted by molar-refractivity contribution is 0.0757. The van der Waals surface area contributed by atoms with Crippen LogP contribution < -0.4 is 9.47 Å². The van der Waals surface area contributed by atoms with Gasteiger partial charge in [-0.3, -0.25) is 0 Å². The molecule has 3 aliphatic rings. The second kappa shape index (κ2) is 4.49. The van der Waals surface area contributed by atoms with E-state index in [0.29, 0.717) is 6.42 Å². The van der Waals surface area contributed by atoms with Crippen molar-refractivity contribution in [2.75, 3.05) is 27.2 Å². The van der Waals surface area contributed by atoms with Crippen LogP contribution in [0.2, 0.25) is 0 Å². The maximum absolute atomic E-state index is 9.98. The van der Waals surface area contributed by atoms with E-state index in [-0.39, 0.29) is 11.5 Å². The van der Waals surface area contributed by atoms with Crippen LogP contribution in [0.4, 0.5) is 0 Å². The Hall–Kier alpha value is -1.52. The predicted molar refractivity (Wildman–Crippen MR) is 80.1 cm³/mol. The van der Waals surface area contributed by atoms with Gasteiger partial charge in [0.15, 0.2) is 11.5 Å². The lowest BCUT2D eigenvalue weighted by Crippen LogP contribution is -2.48. The molecule has 2 aliphatic heterocycles. The fraction of sp³-hybridized carbons (Fsp3) is 0.529. The van der Waals surface area contributed by atoms with Crippen molar-refractivity contribution in [3.63, 3.8) is 0 Å². The summed E-state index contributed by atoms with van der Waals surface area (Å²) in [5, 5.41) is 9.98. The number of aliphatic hydroxyl groups is 1. The maximum Gasteiger partial charge on any atom is 0.166 e. The molecule has 3 atom stereocenters. The van der Waals surface area contributed by atoms with Crippen LogP contribution in [0, 0.1) is 0 Å². The van der Waals surface area contributed by atoms with Crippen molar-refractivity contribution in [1.29, 1.82) is 0 Å². The lowest BCUT2D eigenvalue weighted by atomic mass is 9.70. The van der Waals surface area contributed by atoms with E-state index in [0.717, 1.165) is 31.0 Å². The van der Waals surface area contributed by atoms with Crippen LogP contribution in [0.5, 0.6) is 11.5 Å². The van der Waals surface area contributed by atoms with E-state index in [1.165, 1.54) is 11.1 Å². The van der Waals surface area contributed by atoms with Crippen molar-refractivity contribution >= 4 is 0 Å². The Bertz CT molecular complexity index is 612. The van der Waals surface area contributed by atoms with Gasteiger partial charge in [0.1, 0.15) is 6.10 Å². The summed E-state index contributed by atoms with van der Waals surface area (Å²) in [5.41, 5.74) is 2.47. The summed E-state index contributed by atoms with van der Waals surface area (Å²) in [6.45, 7) is 1.97. The van der Waals surface area contributed by atoms with Gasteiger partial charge in [-0.25, -0.2) is 0 Å². The molecule has 1 aromatic rings. The summed E-state index contributed by atoms with van der Waals surface area (Å²) >= 11 is 0. The molecule has 0 fully saturated rings. The third kappa shape index (κ3) is 1.75. The number of likely N-dealkylation sites (N-methyl/N-ethyl adjacent to an activating group) is 1. The zero-order valence-corrected chi connectivity index (χ0v) is 12.5. The fourth-order valence-electron chi connectivity index (χ4n) is 4.11. The first-order valence-corrected chi connectivity index (χ1v) is 7.57. The number of aliphatic hydroxyl groups excluding tert-OH is 1. The molecule has 2 heterocycles. The van der Waals surface area contributed by atoms with Gasteiger partial charge in [0.2, 0.25) is 0 Å². The zero-order valence-electron chi connectivity index (χ0n) is 12.5. The van der Waals surface area contributed by atoms with Gasteiger partial charge in [-0.2, -0.15) is 0 Å². The Morgan fingerprint density at radius 3 is 3.10 bits per heavy atom. The van der Waals surface area contributed by atoms with E-state index >= 15 is 0 Å². The van der Waals surface area contributed by atoms with E-state index in [2.05, 4.69) is 24.1 Å². The van der Waals surface area contributed by atoms with Crippen LogP contribution in [0.3, 0.4) is 0 Å². The first-order chi connectivity index (χ1) is 10.1. The first kappa shape index (κ1) is 13.2. The smallest absolute Gasteiger partial charge is 0.166 e. The summed E-state index contributed by atoms with van der Waals surface area (Å²) < 4.78 is 11.8. The Labute approximate surface area is 125 Å². The van der Waals surface area contributed by atoms with Crippen LogP contribution in [0.15, 0.2) is 24.3 Å². The van der Waals surface area contributed by atoms with Crippen LogP contribution in [0.25, 0.3) is 0 Å². The Morgan fingerprint density at radius 2 is 2.29 bits per heavy atom. The number of ether oxygens (including phenoxy) is 2. The number of methoxy groups -OCH3 is 1. The minimum Gasteiger partial charge on any atom is -0.493 e. The van der Waals surface area contributed by atoms with Crippen LogP contribution in [0.1, 0.15) is 17.5 Å². The molecule has 0 saturated carbocycles. The molecule has 1 aliphatic carbocycles. The van der Waals surface area contributed by atoms with E-state index in [1.54, 1.807) is 7.11 Å². The standard InChI is InChI=1S/C17H21NO3/c1-18-8-6-11-3-4-13(20-2)16-15(11)17(10-18)7-5-12(19)9-14(17)21-16/h3-5,7,12,14,19H,6,8-10H2,1-2H3/t12-,14-,17?/m1/s1. The van der Waals surface area contributed by atoms with Crippen LogP contribution in [-0.4, -0.2) is 49.5 Å². The summed E-state index contributed by atoms with van der Waals surface area (Å²) in [6.07, 6.45) is 5.33. The number of hydrogen-bond donors (Lipinski definition) is 1. The molecule has 4 heteroatoms. The van der Waals surface area contributed by atoms with Gasteiger partial charge in [-0.15, -0.1) is 0 Å². The third-order valence-corrected chi connectivity index (χ3v) is 5.09. The third-order valence-electron chi connectivity index (χ3n) is 5.09. The van der Waals surface area contributed by atoms with Gasteiger partial charge in [-0.05, 0) is 25.1 Å². The molecule has 21 heavy (non-hydrogen) atoms. The summed E-state index contributed by atoms with van der Waals surface area (Å²) in [4.78, 5) is 2.36. The van der Waals surface area contributed by atoms with Crippen molar-refractivity contribution in [1.82, 2.24) is 4.90 Å². The molecule has 1 N–H and O–H groups in total. The first-order valence-electron chi connectivity index (χ1n) is 7.57. The number of benzene rings is 1. The van der Waals surface area contributed by atoms with Crippen molar-refractivity contribution in [3.05, 3.63) is 35.4 Å². The van der Waals surface area contributed by atoms with E-state index in [9.17, 15) is 5.11 Å². The highest BCUT2D eigenvalue weighted by Gasteiger charge is 2.53. The highest BCUT2D eigenvalue weighted by Crippen LogP contribution is 2.54. The Kier molecular flexibility index (Phi) is 2.81. The maximum atomic E-state index is 9.98. The molecule has 0 radical (unpaired) electrons. The quantitative estimate of drug-likeness (QED) is 0.795. The van der Waals surface area contributed by atoms with Crippen LogP contribution >= 0.6 is 0 Å². The van der Waals surface area contributed by atoms with E-state index < -0.39 is 6.10 Å². The van der Waals surface area contributed by atoms with Crippen molar-refractivity contribution in [2.24, 2.45) is 0 Å². The largest absolute Gasteiger partial charge is 0.493 e. The highest BCUT2D eigenvalue weighted by atomic mass is 16.5. The number of rotatable bonds is 1. The monoisotopic (exact) mass is 287 g/mol. The average molecular weight is 287 g/mol. The molecule has 0 bridgehead atoms. The van der Waals surface area contributed by atoms with Gasteiger partial charge in [0.25, 0.3) is 0 Å². The minimum atomic E-state index is -0.419. The second-order valence-corrected chi connectivity index (χ2v) is 6.43. The molecule has 4 rings (SSSR count). The predicted octanol–water partition coefficient (Wildman–Crippen LogP) is 1.50. The summed E-state index contributed by atoms with van der Waals surface area (Å²) in [6, 6.07) is 4.17. The molecular formula is C17H21NO3. The summed E-state index contributed by atoms with van der Waals surface area (Å²) in [5.74, 6) is 1.68. The van der Waals surface area contributed by atoms with Gasteiger partial charge in [0.05, 0.1) is 18.6 Å². The number of hydrogen-bond acceptors (Lipinski definition) is 4. The van der Waals surface area contributed by atoms with Gasteiger partial charge in [0, 0.05) is 25.1 Å². The molecule has 112 valence electrons. The molecule has 0 amide bonds. The SMILES string of the molecule is COc1ccc2c3c1O[C@@H]1C[C@H](O)C=CC31CN(C)CC2. The zero-order chi connectivity index (χ0) is 14.6. The fourth-order valence-corrected chi connectivity index (χ4v) is 4.11. The molecule has 4 nitrogen and oxygen atoms in total. The normalized spacial score (nSPS) is 33.9. The molecular weight excluding hydrogens is 266 g/mol. The van der Waals surface area contributed by atoms with Crippen LogP contribution in [-0.2, 0) is 11.8 Å². The second-order valence-electron chi connectivity index (χ2n) is 6.43. The van der Waals surface area contributed by atoms with Crippen molar-refractivity contribution < 1.29 is 14.6 Å². The van der Waals surface area contributed by atoms with Gasteiger partial charge >= 0.3 is 0 Å². The van der Waals surface area contributed by atoms with Crippen molar-refractivity contribution in [2.45, 2.75) is 30.5 Å². The lowest BCUT2D eigenvalue weighted by Gasteiger charge is -2.37. The average Bonchev–Trinajstić information content (AvgIpc) is 2.71. The van der Waals surface area contributed by atoms with Gasteiger partial charge < -0.3 is 19.5 Å². The Balaban J connectivity index is 1.96. The summed E-state index contributed by atoms with van der Waals surface area (Å²) in [7, 11) is 3.84. The topological polar surface area (TPSA) is 41.9 Å². The molecule has 1 unspecified atom stereocenters.